The van der Waals surface area contributed by atoms with Crippen molar-refractivity contribution in [3.05, 3.63) is 41.5 Å². The fourth-order valence-electron chi connectivity index (χ4n) is 0.849. The average Bonchev–Trinajstić information content (AvgIpc) is 2.71. The first-order valence-electron chi connectivity index (χ1n) is 3.10. The summed E-state index contributed by atoms with van der Waals surface area (Å²) in [6.07, 6.45) is 0.220. The average molecular weight is 154 g/mol. The van der Waals surface area contributed by atoms with E-state index in [1.807, 2.05) is 24.3 Å². The standard InChI is InChI=1S/C8H6ClO/c9-7-3-1-6(2-4-7)8-5-10-8/h1-5,8H. The third kappa shape index (κ3) is 1.15. The Bertz CT molecular complexity index is 226. The third-order valence-corrected chi connectivity index (χ3v) is 1.72. The molecular formula is C8H6ClO. The van der Waals surface area contributed by atoms with E-state index in [0.29, 0.717) is 0 Å². The van der Waals surface area contributed by atoms with Crippen molar-refractivity contribution in [3.63, 3.8) is 0 Å². The lowest BCUT2D eigenvalue weighted by Gasteiger charge is -1.92. The van der Waals surface area contributed by atoms with E-state index in [9.17, 15) is 0 Å². The minimum Gasteiger partial charge on any atom is -0.362 e. The molecule has 10 heavy (non-hydrogen) atoms. The van der Waals surface area contributed by atoms with Crippen LogP contribution in [-0.2, 0) is 4.74 Å². The maximum atomic E-state index is 5.69. The SMILES string of the molecule is Clc1ccc(C2[CH]O2)cc1. The number of epoxide rings is 1. The topological polar surface area (TPSA) is 12.5 Å². The molecular weight excluding hydrogens is 148 g/mol. The zero-order chi connectivity index (χ0) is 6.97. The van der Waals surface area contributed by atoms with Crippen molar-refractivity contribution in [2.75, 3.05) is 0 Å². The summed E-state index contributed by atoms with van der Waals surface area (Å²) in [6, 6.07) is 7.67. The Hall–Kier alpha value is -0.530. The number of halogens is 1. The smallest absolute Gasteiger partial charge is 0.118 e. The molecule has 1 aliphatic heterocycles. The first-order chi connectivity index (χ1) is 4.86. The normalized spacial score (nSPS) is 22.7. The maximum absolute atomic E-state index is 5.69. The minimum atomic E-state index is 0.220. The molecule has 2 rings (SSSR count). The van der Waals surface area contributed by atoms with Crippen LogP contribution in [0.25, 0.3) is 0 Å². The van der Waals surface area contributed by atoms with E-state index in [-0.39, 0.29) is 6.10 Å². The van der Waals surface area contributed by atoms with Crippen molar-refractivity contribution in [1.82, 2.24) is 0 Å². The predicted octanol–water partition coefficient (Wildman–Crippen LogP) is 2.57. The monoisotopic (exact) mass is 153 g/mol. The molecule has 1 aliphatic rings. The first kappa shape index (κ1) is 6.20. The highest BCUT2D eigenvalue weighted by Crippen LogP contribution is 2.34. The molecule has 0 spiro atoms. The Morgan fingerprint density at radius 2 is 1.80 bits per heavy atom. The lowest BCUT2D eigenvalue weighted by molar-refractivity contribution is 0.434. The number of hydrogen-bond acceptors (Lipinski definition) is 1. The van der Waals surface area contributed by atoms with Gasteiger partial charge < -0.3 is 4.74 Å². The summed E-state index contributed by atoms with van der Waals surface area (Å²) in [7, 11) is 0. The Kier molecular flexibility index (Phi) is 1.40. The molecule has 0 aromatic heterocycles. The summed E-state index contributed by atoms with van der Waals surface area (Å²) in [6.45, 7) is 1.79. The largest absolute Gasteiger partial charge is 0.362 e. The van der Waals surface area contributed by atoms with Crippen molar-refractivity contribution < 1.29 is 4.74 Å². The van der Waals surface area contributed by atoms with E-state index >= 15 is 0 Å². The summed E-state index contributed by atoms with van der Waals surface area (Å²) >= 11 is 5.69. The molecule has 1 atom stereocenters. The van der Waals surface area contributed by atoms with Crippen molar-refractivity contribution in [2.24, 2.45) is 0 Å². The van der Waals surface area contributed by atoms with Crippen molar-refractivity contribution in [2.45, 2.75) is 6.10 Å². The van der Waals surface area contributed by atoms with Crippen LogP contribution in [0.1, 0.15) is 11.7 Å². The van der Waals surface area contributed by atoms with E-state index in [4.69, 9.17) is 16.3 Å². The summed E-state index contributed by atoms with van der Waals surface area (Å²) in [4.78, 5) is 0. The van der Waals surface area contributed by atoms with Gasteiger partial charge in [-0.3, -0.25) is 0 Å². The van der Waals surface area contributed by atoms with Crippen LogP contribution < -0.4 is 0 Å². The molecule has 1 aromatic rings. The molecule has 1 unspecified atom stereocenters. The van der Waals surface area contributed by atoms with Gasteiger partial charge in [0.25, 0.3) is 0 Å². The van der Waals surface area contributed by atoms with Gasteiger partial charge in [-0.05, 0) is 17.7 Å². The fourth-order valence-corrected chi connectivity index (χ4v) is 0.975. The zero-order valence-electron chi connectivity index (χ0n) is 5.25. The van der Waals surface area contributed by atoms with E-state index in [1.165, 1.54) is 5.56 Å². The molecule has 0 aliphatic carbocycles. The lowest BCUT2D eigenvalue weighted by atomic mass is 10.2. The van der Waals surface area contributed by atoms with Crippen LogP contribution in [0.2, 0.25) is 5.02 Å². The Labute approximate surface area is 64.6 Å². The number of ether oxygens (including phenoxy) is 1. The molecule has 0 bridgehead atoms. The molecule has 1 aromatic carbocycles. The van der Waals surface area contributed by atoms with E-state index < -0.39 is 0 Å². The van der Waals surface area contributed by atoms with Crippen molar-refractivity contribution in [1.29, 1.82) is 0 Å². The van der Waals surface area contributed by atoms with Gasteiger partial charge in [0.1, 0.15) is 12.7 Å². The third-order valence-electron chi connectivity index (χ3n) is 1.47. The van der Waals surface area contributed by atoms with Gasteiger partial charge in [-0.1, -0.05) is 23.7 Å². The van der Waals surface area contributed by atoms with Gasteiger partial charge in [0.2, 0.25) is 0 Å². The molecule has 1 saturated heterocycles. The van der Waals surface area contributed by atoms with Gasteiger partial charge in [0.05, 0.1) is 0 Å². The van der Waals surface area contributed by atoms with E-state index in [1.54, 1.807) is 6.61 Å². The highest BCUT2D eigenvalue weighted by molar-refractivity contribution is 6.30. The van der Waals surface area contributed by atoms with Gasteiger partial charge in [0, 0.05) is 5.02 Å². The first-order valence-corrected chi connectivity index (χ1v) is 3.48. The molecule has 51 valence electrons. The maximum Gasteiger partial charge on any atom is 0.118 e. The van der Waals surface area contributed by atoms with Gasteiger partial charge in [-0.2, -0.15) is 0 Å². The molecule has 0 N–H and O–H groups in total. The van der Waals surface area contributed by atoms with Crippen LogP contribution in [0.5, 0.6) is 0 Å². The van der Waals surface area contributed by atoms with Crippen LogP contribution in [0.4, 0.5) is 0 Å². The molecule has 0 saturated carbocycles. The Morgan fingerprint density at radius 3 is 2.30 bits per heavy atom. The van der Waals surface area contributed by atoms with Crippen LogP contribution in [0.15, 0.2) is 24.3 Å². The summed E-state index contributed by atoms with van der Waals surface area (Å²) in [5.41, 5.74) is 1.17. The fraction of sp³-hybridized carbons (Fsp3) is 0.125. The predicted molar refractivity (Wildman–Crippen MR) is 39.6 cm³/mol. The van der Waals surface area contributed by atoms with Crippen LogP contribution in [-0.4, -0.2) is 0 Å². The summed E-state index contributed by atoms with van der Waals surface area (Å²) in [5, 5.41) is 0.768. The number of rotatable bonds is 1. The molecule has 1 fully saturated rings. The minimum absolute atomic E-state index is 0.220. The quantitative estimate of drug-likeness (QED) is 0.565. The van der Waals surface area contributed by atoms with E-state index in [0.717, 1.165) is 5.02 Å². The van der Waals surface area contributed by atoms with Gasteiger partial charge in [0.15, 0.2) is 0 Å². The highest BCUT2D eigenvalue weighted by Gasteiger charge is 2.25. The van der Waals surface area contributed by atoms with Crippen LogP contribution in [0, 0.1) is 6.61 Å². The van der Waals surface area contributed by atoms with Gasteiger partial charge >= 0.3 is 0 Å². The molecule has 1 nitrogen and oxygen atoms in total. The zero-order valence-corrected chi connectivity index (χ0v) is 6.01. The van der Waals surface area contributed by atoms with E-state index in [2.05, 4.69) is 0 Å². The summed E-state index contributed by atoms with van der Waals surface area (Å²) < 4.78 is 4.97. The van der Waals surface area contributed by atoms with Gasteiger partial charge in [-0.25, -0.2) is 0 Å². The second-order valence-corrected chi connectivity index (χ2v) is 2.68. The second-order valence-electron chi connectivity index (χ2n) is 2.24. The summed E-state index contributed by atoms with van der Waals surface area (Å²) in [5.74, 6) is 0. The molecule has 0 amide bonds. The van der Waals surface area contributed by atoms with Crippen molar-refractivity contribution >= 4 is 11.6 Å². The van der Waals surface area contributed by atoms with Crippen LogP contribution in [0.3, 0.4) is 0 Å². The molecule has 2 heteroatoms. The van der Waals surface area contributed by atoms with Crippen molar-refractivity contribution in [3.8, 4) is 0 Å². The Balaban J connectivity index is 2.28. The molecule has 1 heterocycles. The Morgan fingerprint density at radius 1 is 1.20 bits per heavy atom. The lowest BCUT2D eigenvalue weighted by Crippen LogP contribution is -1.76. The highest BCUT2D eigenvalue weighted by atomic mass is 35.5. The van der Waals surface area contributed by atoms with Gasteiger partial charge in [-0.15, -0.1) is 0 Å². The second kappa shape index (κ2) is 2.26. The van der Waals surface area contributed by atoms with Crippen LogP contribution >= 0.6 is 11.6 Å². The molecule has 1 radical (unpaired) electrons. The number of hydrogen-bond donors (Lipinski definition) is 0. The number of benzene rings is 1.